The van der Waals surface area contributed by atoms with Gasteiger partial charge >= 0.3 is 5.97 Å². The lowest BCUT2D eigenvalue weighted by Gasteiger charge is -2.09. The number of hydrogen-bond donors (Lipinski definition) is 0. The lowest BCUT2D eigenvalue weighted by Crippen LogP contribution is -2.15. The van der Waals surface area contributed by atoms with Crippen molar-refractivity contribution in [2.75, 3.05) is 7.11 Å². The third kappa shape index (κ3) is 3.92. The number of halogens is 2. The first-order valence-electron chi connectivity index (χ1n) is 4.99. The predicted octanol–water partition coefficient (Wildman–Crippen LogP) is 3.13. The summed E-state index contributed by atoms with van der Waals surface area (Å²) < 4.78 is 5.41. The van der Waals surface area contributed by atoms with E-state index in [0.717, 1.165) is 4.47 Å². The van der Waals surface area contributed by atoms with Gasteiger partial charge in [-0.25, -0.2) is 0 Å². The summed E-state index contributed by atoms with van der Waals surface area (Å²) >= 11 is 6.55. The van der Waals surface area contributed by atoms with E-state index < -0.39 is 0 Å². The van der Waals surface area contributed by atoms with E-state index in [2.05, 4.69) is 36.6 Å². The van der Waals surface area contributed by atoms with Crippen molar-refractivity contribution in [3.05, 3.63) is 33.8 Å². The van der Waals surface area contributed by atoms with Crippen molar-refractivity contribution in [2.24, 2.45) is 0 Å². The number of methoxy groups -OCH3 is 1. The first kappa shape index (κ1) is 14.4. The zero-order valence-electron chi connectivity index (χ0n) is 9.50. The average Bonchev–Trinajstić information content (AvgIpc) is 2.30. The summed E-state index contributed by atoms with van der Waals surface area (Å²) in [4.78, 5) is 22.9. The maximum absolute atomic E-state index is 12.0. The highest BCUT2D eigenvalue weighted by Gasteiger charge is 2.18. The van der Waals surface area contributed by atoms with Crippen molar-refractivity contribution < 1.29 is 14.3 Å². The standard InChI is InChI=1S/C12H12Br2O3/c1-7(13)12(16)10-6-9(14)4-3-8(10)5-11(15)17-2/h3-4,6-7H,5H2,1-2H3. The Morgan fingerprint density at radius 3 is 2.59 bits per heavy atom. The number of rotatable bonds is 4. The van der Waals surface area contributed by atoms with E-state index >= 15 is 0 Å². The molecular weight excluding hydrogens is 352 g/mol. The second-order valence-electron chi connectivity index (χ2n) is 3.53. The van der Waals surface area contributed by atoms with E-state index in [-0.39, 0.29) is 23.0 Å². The largest absolute Gasteiger partial charge is 0.469 e. The number of carbonyl (C=O) groups excluding carboxylic acids is 2. The maximum Gasteiger partial charge on any atom is 0.310 e. The van der Waals surface area contributed by atoms with Gasteiger partial charge in [-0.2, -0.15) is 0 Å². The molecule has 1 atom stereocenters. The summed E-state index contributed by atoms with van der Waals surface area (Å²) in [5.41, 5.74) is 1.21. The Morgan fingerprint density at radius 1 is 1.41 bits per heavy atom. The predicted molar refractivity (Wildman–Crippen MR) is 72.6 cm³/mol. The van der Waals surface area contributed by atoms with Gasteiger partial charge in [0.25, 0.3) is 0 Å². The molecule has 1 aromatic rings. The quantitative estimate of drug-likeness (QED) is 0.469. The second kappa shape index (κ2) is 6.31. The second-order valence-corrected chi connectivity index (χ2v) is 5.82. The molecule has 0 aliphatic carbocycles. The summed E-state index contributed by atoms with van der Waals surface area (Å²) in [5.74, 6) is -0.409. The van der Waals surface area contributed by atoms with Gasteiger partial charge in [-0.15, -0.1) is 0 Å². The van der Waals surface area contributed by atoms with Crippen molar-refractivity contribution in [3.63, 3.8) is 0 Å². The van der Waals surface area contributed by atoms with E-state index in [0.29, 0.717) is 11.1 Å². The van der Waals surface area contributed by atoms with Crippen molar-refractivity contribution in [1.82, 2.24) is 0 Å². The minimum absolute atomic E-state index is 0.0507. The normalized spacial score (nSPS) is 12.0. The number of benzene rings is 1. The summed E-state index contributed by atoms with van der Waals surface area (Å²) in [7, 11) is 1.33. The third-order valence-corrected chi connectivity index (χ3v) is 3.17. The molecule has 0 spiro atoms. The molecule has 3 nitrogen and oxygen atoms in total. The third-order valence-electron chi connectivity index (χ3n) is 2.26. The Bertz CT molecular complexity index is 441. The van der Waals surface area contributed by atoms with Crippen LogP contribution in [0.25, 0.3) is 0 Å². The van der Waals surface area contributed by atoms with Crippen LogP contribution in [0.3, 0.4) is 0 Å². The zero-order chi connectivity index (χ0) is 13.0. The number of ketones is 1. The first-order valence-corrected chi connectivity index (χ1v) is 6.70. The minimum Gasteiger partial charge on any atom is -0.469 e. The van der Waals surface area contributed by atoms with Gasteiger partial charge in [-0.3, -0.25) is 9.59 Å². The Morgan fingerprint density at radius 2 is 2.06 bits per heavy atom. The van der Waals surface area contributed by atoms with E-state index in [4.69, 9.17) is 0 Å². The monoisotopic (exact) mass is 362 g/mol. The zero-order valence-corrected chi connectivity index (χ0v) is 12.7. The SMILES string of the molecule is COC(=O)Cc1ccc(Br)cc1C(=O)C(C)Br. The Labute approximate surface area is 117 Å². The summed E-state index contributed by atoms with van der Waals surface area (Å²) in [6, 6.07) is 5.27. The Kier molecular flexibility index (Phi) is 5.33. The van der Waals surface area contributed by atoms with E-state index in [9.17, 15) is 9.59 Å². The number of esters is 1. The highest BCUT2D eigenvalue weighted by atomic mass is 79.9. The summed E-state index contributed by atoms with van der Waals surface area (Å²) in [5, 5.41) is 0. The lowest BCUT2D eigenvalue weighted by molar-refractivity contribution is -0.139. The summed E-state index contributed by atoms with van der Waals surface area (Å²) in [6.45, 7) is 1.76. The molecular formula is C12H12Br2O3. The van der Waals surface area contributed by atoms with E-state index in [1.54, 1.807) is 25.1 Å². The van der Waals surface area contributed by atoms with Gasteiger partial charge in [-0.1, -0.05) is 37.9 Å². The number of hydrogen-bond acceptors (Lipinski definition) is 3. The van der Waals surface area contributed by atoms with Gasteiger partial charge in [-0.05, 0) is 24.6 Å². The van der Waals surface area contributed by atoms with Crippen LogP contribution >= 0.6 is 31.9 Å². The number of Topliss-reactive ketones (excluding diaryl/α,β-unsaturated/α-hetero) is 1. The smallest absolute Gasteiger partial charge is 0.310 e. The van der Waals surface area contributed by atoms with Crippen molar-refractivity contribution in [1.29, 1.82) is 0 Å². The molecule has 0 N–H and O–H groups in total. The maximum atomic E-state index is 12.0. The Hall–Kier alpha value is -0.680. The van der Waals surface area contributed by atoms with Crippen LogP contribution in [0, 0.1) is 0 Å². The molecule has 0 saturated heterocycles. The van der Waals surface area contributed by atoms with Crippen molar-refractivity contribution in [3.8, 4) is 0 Å². The van der Waals surface area contributed by atoms with Crippen LogP contribution in [0.1, 0.15) is 22.8 Å². The highest BCUT2D eigenvalue weighted by Crippen LogP contribution is 2.21. The summed E-state index contributed by atoms with van der Waals surface area (Å²) in [6.07, 6.45) is 0.102. The topological polar surface area (TPSA) is 43.4 Å². The van der Waals surface area contributed by atoms with Gasteiger partial charge in [0.05, 0.1) is 18.4 Å². The molecule has 0 aliphatic heterocycles. The van der Waals surface area contributed by atoms with Gasteiger partial charge in [0, 0.05) is 10.0 Å². The van der Waals surface area contributed by atoms with Gasteiger partial charge in [0.2, 0.25) is 0 Å². The number of carbonyl (C=O) groups is 2. The number of alkyl halides is 1. The molecule has 0 bridgehead atoms. The van der Waals surface area contributed by atoms with Crippen molar-refractivity contribution >= 4 is 43.6 Å². The molecule has 1 aromatic carbocycles. The first-order chi connectivity index (χ1) is 7.95. The van der Waals surface area contributed by atoms with Crippen molar-refractivity contribution in [2.45, 2.75) is 18.2 Å². The van der Waals surface area contributed by atoms with Crippen LogP contribution < -0.4 is 0 Å². The van der Waals surface area contributed by atoms with Crippen LogP contribution in [0.2, 0.25) is 0 Å². The molecule has 0 fully saturated rings. The Balaban J connectivity index is 3.12. The van der Waals surface area contributed by atoms with Crippen LogP contribution in [0.15, 0.2) is 22.7 Å². The fourth-order valence-corrected chi connectivity index (χ4v) is 1.98. The average molecular weight is 364 g/mol. The fraction of sp³-hybridized carbons (Fsp3) is 0.333. The van der Waals surface area contributed by atoms with E-state index in [1.165, 1.54) is 7.11 Å². The molecule has 0 radical (unpaired) electrons. The molecule has 0 aliphatic rings. The molecule has 5 heteroatoms. The van der Waals surface area contributed by atoms with Crippen LogP contribution in [-0.4, -0.2) is 23.7 Å². The molecule has 17 heavy (non-hydrogen) atoms. The molecule has 1 unspecified atom stereocenters. The minimum atomic E-state index is -0.358. The molecule has 0 amide bonds. The molecule has 0 saturated carbocycles. The molecule has 1 rings (SSSR count). The fourth-order valence-electron chi connectivity index (χ4n) is 1.37. The van der Waals surface area contributed by atoms with Crippen LogP contribution in [0.4, 0.5) is 0 Å². The number of ether oxygens (including phenoxy) is 1. The van der Waals surface area contributed by atoms with Gasteiger partial charge in [0.15, 0.2) is 5.78 Å². The van der Waals surface area contributed by atoms with Gasteiger partial charge in [0.1, 0.15) is 0 Å². The van der Waals surface area contributed by atoms with Gasteiger partial charge < -0.3 is 4.74 Å². The lowest BCUT2D eigenvalue weighted by atomic mass is 10.00. The highest BCUT2D eigenvalue weighted by molar-refractivity contribution is 9.10. The molecule has 0 heterocycles. The molecule has 92 valence electrons. The molecule has 0 aromatic heterocycles. The van der Waals surface area contributed by atoms with Crippen LogP contribution in [0.5, 0.6) is 0 Å². The van der Waals surface area contributed by atoms with E-state index in [1.807, 2.05) is 0 Å². The van der Waals surface area contributed by atoms with Crippen LogP contribution in [-0.2, 0) is 16.0 Å².